The first-order chi connectivity index (χ1) is 18.2. The van der Waals surface area contributed by atoms with Crippen molar-refractivity contribution in [2.24, 2.45) is 13.0 Å². The van der Waals surface area contributed by atoms with Gasteiger partial charge in [-0.25, -0.2) is 4.68 Å². The van der Waals surface area contributed by atoms with Crippen LogP contribution in [0.15, 0.2) is 54.7 Å². The van der Waals surface area contributed by atoms with E-state index in [4.69, 9.17) is 9.72 Å². The third kappa shape index (κ3) is 4.10. The minimum Gasteiger partial charge on any atom is -0.386 e. The molecule has 0 amide bonds. The number of ether oxygens (including phenoxy) is 1. The van der Waals surface area contributed by atoms with E-state index in [1.54, 1.807) is 0 Å². The highest BCUT2D eigenvalue weighted by molar-refractivity contribution is 6.07. The second-order valence-electron chi connectivity index (χ2n) is 11.2. The number of hydrogen-bond acceptors (Lipinski definition) is 5. The molecule has 2 aromatic carbocycles. The fourth-order valence-corrected chi connectivity index (χ4v) is 6.32. The van der Waals surface area contributed by atoms with E-state index in [-0.39, 0.29) is 6.04 Å². The molecule has 1 N–H and O–H groups in total. The van der Waals surface area contributed by atoms with Crippen LogP contribution in [-0.2, 0) is 17.4 Å². The van der Waals surface area contributed by atoms with Gasteiger partial charge in [0.15, 0.2) is 0 Å². The topological polar surface area (TPSA) is 78.0 Å². The summed E-state index contributed by atoms with van der Waals surface area (Å²) >= 11 is 0. The summed E-state index contributed by atoms with van der Waals surface area (Å²) in [6, 6.07) is 17.5. The summed E-state index contributed by atoms with van der Waals surface area (Å²) in [5, 5.41) is 20.7. The van der Waals surface area contributed by atoms with Crippen LogP contribution >= 0.6 is 0 Å². The highest BCUT2D eigenvalue weighted by atomic mass is 16.5. The van der Waals surface area contributed by atoms with Gasteiger partial charge in [-0.3, -0.25) is 4.98 Å². The smallest absolute Gasteiger partial charge is 0.0960 e. The fourth-order valence-electron chi connectivity index (χ4n) is 6.32. The zero-order valence-electron chi connectivity index (χ0n) is 22.8. The second-order valence-corrected chi connectivity index (χ2v) is 11.2. The number of hydrogen-bond donors (Lipinski definition) is 1. The molecule has 1 atom stereocenters. The predicted molar refractivity (Wildman–Crippen MR) is 150 cm³/mol. The van der Waals surface area contributed by atoms with Gasteiger partial charge < -0.3 is 14.4 Å². The Morgan fingerprint density at radius 3 is 2.42 bits per heavy atom. The van der Waals surface area contributed by atoms with Crippen LogP contribution in [0.2, 0.25) is 0 Å². The Bertz CT molecular complexity index is 1600. The molecule has 0 spiro atoms. The van der Waals surface area contributed by atoms with Gasteiger partial charge >= 0.3 is 0 Å². The lowest BCUT2D eigenvalue weighted by Gasteiger charge is -2.33. The van der Waals surface area contributed by atoms with Gasteiger partial charge in [0.05, 0.1) is 39.6 Å². The van der Waals surface area contributed by atoms with Gasteiger partial charge in [0.1, 0.15) is 0 Å². The molecule has 1 aliphatic rings. The van der Waals surface area contributed by atoms with E-state index in [0.29, 0.717) is 5.92 Å². The first-order valence-electron chi connectivity index (χ1n) is 13.4. The van der Waals surface area contributed by atoms with Gasteiger partial charge in [-0.2, -0.15) is 0 Å². The number of nitrogens with zero attached hydrogens (tertiary/aromatic N) is 5. The molecule has 1 saturated heterocycles. The minimum atomic E-state index is -0.962. The van der Waals surface area contributed by atoms with E-state index in [1.807, 2.05) is 38.7 Å². The molecule has 0 radical (unpaired) electrons. The summed E-state index contributed by atoms with van der Waals surface area (Å²) < 4.78 is 10.1. The van der Waals surface area contributed by atoms with Gasteiger partial charge in [0, 0.05) is 37.4 Å². The van der Waals surface area contributed by atoms with Crippen LogP contribution in [0.25, 0.3) is 33.2 Å². The third-order valence-electron chi connectivity index (χ3n) is 8.04. The van der Waals surface area contributed by atoms with E-state index in [0.717, 1.165) is 76.1 Å². The van der Waals surface area contributed by atoms with Gasteiger partial charge in [-0.15, -0.1) is 5.10 Å². The summed E-state index contributed by atoms with van der Waals surface area (Å²) in [5.41, 5.74) is 8.26. The van der Waals surface area contributed by atoms with Crippen LogP contribution in [-0.4, -0.2) is 42.9 Å². The number of aromatic nitrogens is 5. The van der Waals surface area contributed by atoms with E-state index < -0.39 is 5.60 Å². The molecule has 0 saturated carbocycles. The number of aryl methyl sites for hydroxylation is 3. The third-order valence-corrected chi connectivity index (χ3v) is 8.04. The first-order valence-corrected chi connectivity index (χ1v) is 13.4. The Morgan fingerprint density at radius 1 is 1.03 bits per heavy atom. The summed E-state index contributed by atoms with van der Waals surface area (Å²) in [4.78, 5) is 5.05. The van der Waals surface area contributed by atoms with Crippen molar-refractivity contribution in [3.8, 4) is 11.3 Å². The predicted octanol–water partition coefficient (Wildman–Crippen LogP) is 5.85. The molecule has 5 aromatic rings. The molecule has 4 heterocycles. The van der Waals surface area contributed by atoms with Gasteiger partial charge in [-0.1, -0.05) is 35.5 Å². The minimum absolute atomic E-state index is 0.0975. The van der Waals surface area contributed by atoms with Crippen LogP contribution in [0.4, 0.5) is 0 Å². The average molecular weight is 510 g/mol. The molecule has 7 nitrogen and oxygen atoms in total. The van der Waals surface area contributed by atoms with Crippen molar-refractivity contribution in [2.45, 2.75) is 52.2 Å². The zero-order valence-corrected chi connectivity index (χ0v) is 22.8. The first kappa shape index (κ1) is 24.8. The molecule has 6 rings (SSSR count). The number of aliphatic hydroxyl groups is 1. The number of rotatable bonds is 5. The van der Waals surface area contributed by atoms with E-state index in [2.05, 4.69) is 70.3 Å². The SMILES string of the molecule is Cc1cc2c3ncc(-c4c(C)nnn4C)cc3n([C@H](c3ccccc3)C3CCOCC3)c2cc1C(C)(C)O. The summed E-state index contributed by atoms with van der Waals surface area (Å²) in [6.45, 7) is 9.30. The highest BCUT2D eigenvalue weighted by Crippen LogP contribution is 2.42. The second kappa shape index (κ2) is 9.33. The van der Waals surface area contributed by atoms with Crippen molar-refractivity contribution in [1.82, 2.24) is 24.5 Å². The van der Waals surface area contributed by atoms with Gasteiger partial charge in [0.25, 0.3) is 0 Å². The maximum Gasteiger partial charge on any atom is 0.0960 e. The molecular weight excluding hydrogens is 474 g/mol. The van der Waals surface area contributed by atoms with Crippen LogP contribution in [0.3, 0.4) is 0 Å². The van der Waals surface area contributed by atoms with Crippen molar-refractivity contribution in [3.05, 3.63) is 77.1 Å². The van der Waals surface area contributed by atoms with Gasteiger partial charge in [0.2, 0.25) is 0 Å². The van der Waals surface area contributed by atoms with E-state index in [1.165, 1.54) is 5.56 Å². The zero-order chi connectivity index (χ0) is 26.6. The normalized spacial score (nSPS) is 15.9. The molecule has 0 bridgehead atoms. The molecule has 1 fully saturated rings. The molecule has 0 aliphatic carbocycles. The molecule has 1 aliphatic heterocycles. The van der Waals surface area contributed by atoms with Crippen LogP contribution in [0.1, 0.15) is 55.1 Å². The van der Waals surface area contributed by atoms with Crippen LogP contribution < -0.4 is 0 Å². The Kier molecular flexibility index (Phi) is 6.08. The van der Waals surface area contributed by atoms with Crippen molar-refractivity contribution in [3.63, 3.8) is 0 Å². The Labute approximate surface area is 223 Å². The quantitative estimate of drug-likeness (QED) is 0.322. The van der Waals surface area contributed by atoms with Crippen LogP contribution in [0, 0.1) is 19.8 Å². The van der Waals surface area contributed by atoms with Crippen molar-refractivity contribution >= 4 is 21.9 Å². The largest absolute Gasteiger partial charge is 0.386 e. The highest BCUT2D eigenvalue weighted by Gasteiger charge is 2.31. The van der Waals surface area contributed by atoms with Crippen LogP contribution in [0.5, 0.6) is 0 Å². The molecule has 3 aromatic heterocycles. The molecule has 7 heteroatoms. The Morgan fingerprint density at radius 2 is 1.76 bits per heavy atom. The summed E-state index contributed by atoms with van der Waals surface area (Å²) in [6.07, 6.45) is 3.91. The van der Waals surface area contributed by atoms with E-state index >= 15 is 0 Å². The number of benzene rings is 2. The Hall–Kier alpha value is -3.55. The summed E-state index contributed by atoms with van der Waals surface area (Å²) in [7, 11) is 1.92. The summed E-state index contributed by atoms with van der Waals surface area (Å²) in [5.74, 6) is 0.403. The monoisotopic (exact) mass is 509 g/mol. The fraction of sp³-hybridized carbons (Fsp3) is 0.387. The van der Waals surface area contributed by atoms with E-state index in [9.17, 15) is 5.11 Å². The molecule has 38 heavy (non-hydrogen) atoms. The van der Waals surface area contributed by atoms with Crippen molar-refractivity contribution in [2.75, 3.05) is 13.2 Å². The lowest BCUT2D eigenvalue weighted by molar-refractivity contribution is 0.0552. The lowest BCUT2D eigenvalue weighted by Crippen LogP contribution is -2.27. The molecule has 196 valence electrons. The maximum atomic E-state index is 11.1. The Balaban J connectivity index is 1.72. The number of fused-ring (bicyclic) bond motifs is 3. The average Bonchev–Trinajstić information content (AvgIpc) is 3.40. The van der Waals surface area contributed by atoms with Crippen molar-refractivity contribution in [1.29, 1.82) is 0 Å². The lowest BCUT2D eigenvalue weighted by atomic mass is 9.86. The maximum absolute atomic E-state index is 11.1. The standard InChI is InChI=1S/C31H35N5O2/c1-19-15-24-26(17-25(19)31(3,4)37)36(30(21-9-7-6-8-10-21)22-11-13-38-14-12-22)27-16-23(18-32-28(24)27)29-20(2)33-34-35(29)5/h6-10,15-18,22,30,37H,11-14H2,1-5H3/t30-/m1/s1. The number of pyridine rings is 1. The molecular formula is C31H35N5O2. The van der Waals surface area contributed by atoms with Gasteiger partial charge in [-0.05, 0) is 81.3 Å². The molecule has 0 unspecified atom stereocenters. The van der Waals surface area contributed by atoms with Crippen molar-refractivity contribution < 1.29 is 9.84 Å².